The summed E-state index contributed by atoms with van der Waals surface area (Å²) in [6, 6.07) is 0.0857. The van der Waals surface area contributed by atoms with Crippen LogP contribution in [0.3, 0.4) is 0 Å². The topological polar surface area (TPSA) is 79.0 Å². The van der Waals surface area contributed by atoms with Gasteiger partial charge in [0.25, 0.3) is 0 Å². The molecule has 2 heterocycles. The van der Waals surface area contributed by atoms with E-state index in [4.69, 9.17) is 4.74 Å². The molecule has 0 saturated carbocycles. The molecule has 0 aliphatic carbocycles. The number of aryl methyl sites for hydroxylation is 2. The summed E-state index contributed by atoms with van der Waals surface area (Å²) in [5.41, 5.74) is 2.45. The number of hydrogen-bond acceptors (Lipinski definition) is 4. The van der Waals surface area contributed by atoms with Gasteiger partial charge in [-0.3, -0.25) is 9.89 Å². The highest BCUT2D eigenvalue weighted by Gasteiger charge is 2.33. The van der Waals surface area contributed by atoms with Crippen molar-refractivity contribution in [1.82, 2.24) is 15.5 Å². The molecule has 0 spiro atoms. The van der Waals surface area contributed by atoms with Gasteiger partial charge >= 0.3 is 0 Å². The molecule has 1 aliphatic heterocycles. The zero-order valence-electron chi connectivity index (χ0n) is 10.3. The predicted molar refractivity (Wildman–Crippen MR) is 63.8 cm³/mol. The van der Waals surface area contributed by atoms with Crippen LogP contribution in [0.4, 0.5) is 5.69 Å². The lowest BCUT2D eigenvalue weighted by Gasteiger charge is -2.16. The molecule has 2 rings (SSSR count). The molecular weight excluding hydrogens is 220 g/mol. The van der Waals surface area contributed by atoms with Crippen LogP contribution in [-0.4, -0.2) is 42.4 Å². The number of rotatable bonds is 3. The van der Waals surface area contributed by atoms with E-state index in [1.165, 1.54) is 0 Å². The van der Waals surface area contributed by atoms with Gasteiger partial charge in [0, 0.05) is 6.04 Å². The smallest absolute Gasteiger partial charge is 0.231 e. The number of carbonyl (C=O) groups excluding carboxylic acids is 1. The van der Waals surface area contributed by atoms with Crippen molar-refractivity contribution in [2.45, 2.75) is 19.9 Å². The molecule has 6 nitrogen and oxygen atoms in total. The van der Waals surface area contributed by atoms with E-state index in [2.05, 4.69) is 20.8 Å². The zero-order chi connectivity index (χ0) is 12.4. The third-order valence-corrected chi connectivity index (χ3v) is 3.16. The van der Waals surface area contributed by atoms with Crippen molar-refractivity contribution in [3.63, 3.8) is 0 Å². The Morgan fingerprint density at radius 2 is 2.24 bits per heavy atom. The number of nitrogens with zero attached hydrogens (tertiary/aromatic N) is 1. The average molecular weight is 238 g/mol. The summed E-state index contributed by atoms with van der Waals surface area (Å²) in [6.45, 7) is 4.79. The molecule has 0 radical (unpaired) electrons. The van der Waals surface area contributed by atoms with Gasteiger partial charge in [0.15, 0.2) is 0 Å². The number of aromatic amines is 1. The molecule has 1 aromatic heterocycles. The number of aromatic nitrogens is 2. The maximum absolute atomic E-state index is 12.1. The molecule has 2 unspecified atom stereocenters. The Labute approximate surface area is 100 Å². The largest absolute Gasteiger partial charge is 0.379 e. The summed E-state index contributed by atoms with van der Waals surface area (Å²) >= 11 is 0. The van der Waals surface area contributed by atoms with Crippen molar-refractivity contribution in [2.75, 3.05) is 25.6 Å². The highest BCUT2D eigenvalue weighted by molar-refractivity contribution is 5.94. The van der Waals surface area contributed by atoms with Gasteiger partial charge in [-0.1, -0.05) is 0 Å². The summed E-state index contributed by atoms with van der Waals surface area (Å²) < 4.78 is 5.31. The van der Waals surface area contributed by atoms with Crippen LogP contribution in [0, 0.1) is 19.8 Å². The molecule has 6 heteroatoms. The second-order valence-corrected chi connectivity index (χ2v) is 4.34. The van der Waals surface area contributed by atoms with Gasteiger partial charge in [0.2, 0.25) is 5.91 Å². The molecule has 17 heavy (non-hydrogen) atoms. The molecule has 1 aliphatic rings. The summed E-state index contributed by atoms with van der Waals surface area (Å²) in [4.78, 5) is 12.1. The number of likely N-dealkylation sites (N-methyl/N-ethyl adjacent to an activating group) is 1. The molecule has 0 aromatic carbocycles. The van der Waals surface area contributed by atoms with Crippen LogP contribution in [0.15, 0.2) is 0 Å². The Morgan fingerprint density at radius 1 is 1.47 bits per heavy atom. The van der Waals surface area contributed by atoms with Crippen molar-refractivity contribution < 1.29 is 9.53 Å². The Morgan fingerprint density at radius 3 is 2.82 bits per heavy atom. The van der Waals surface area contributed by atoms with E-state index in [-0.39, 0.29) is 17.9 Å². The normalized spacial score (nSPS) is 23.9. The molecular formula is C11H18N4O2. The van der Waals surface area contributed by atoms with Gasteiger partial charge in [0.05, 0.1) is 36.2 Å². The van der Waals surface area contributed by atoms with Crippen LogP contribution in [0.5, 0.6) is 0 Å². The summed E-state index contributed by atoms with van der Waals surface area (Å²) in [5, 5.41) is 12.9. The minimum absolute atomic E-state index is 0.0190. The van der Waals surface area contributed by atoms with Crippen molar-refractivity contribution >= 4 is 11.6 Å². The zero-order valence-corrected chi connectivity index (χ0v) is 10.3. The lowest BCUT2D eigenvalue weighted by molar-refractivity contribution is -0.120. The molecule has 94 valence electrons. The van der Waals surface area contributed by atoms with E-state index in [0.29, 0.717) is 13.2 Å². The third kappa shape index (κ3) is 2.32. The first kappa shape index (κ1) is 12.1. The Bertz CT molecular complexity index is 396. The van der Waals surface area contributed by atoms with E-state index in [1.54, 1.807) is 0 Å². The third-order valence-electron chi connectivity index (χ3n) is 3.16. The molecule has 0 bridgehead atoms. The van der Waals surface area contributed by atoms with E-state index < -0.39 is 0 Å². The number of H-pyrrole nitrogens is 1. The fourth-order valence-corrected chi connectivity index (χ4v) is 2.05. The first-order chi connectivity index (χ1) is 8.13. The van der Waals surface area contributed by atoms with Gasteiger partial charge in [-0.05, 0) is 20.9 Å². The lowest BCUT2D eigenvalue weighted by atomic mass is 10.0. The van der Waals surface area contributed by atoms with E-state index >= 15 is 0 Å². The molecule has 1 fully saturated rings. The fourth-order valence-electron chi connectivity index (χ4n) is 2.05. The SMILES string of the molecule is CNC1COCC1C(=O)Nc1c(C)n[nH]c1C. The predicted octanol–water partition coefficient (Wildman–Crippen LogP) is 0.199. The van der Waals surface area contributed by atoms with Crippen LogP contribution in [-0.2, 0) is 9.53 Å². The van der Waals surface area contributed by atoms with Crippen molar-refractivity contribution in [2.24, 2.45) is 5.92 Å². The van der Waals surface area contributed by atoms with Crippen molar-refractivity contribution in [1.29, 1.82) is 0 Å². The molecule has 2 atom stereocenters. The second kappa shape index (κ2) is 4.85. The van der Waals surface area contributed by atoms with E-state index in [0.717, 1.165) is 17.1 Å². The van der Waals surface area contributed by atoms with Gasteiger partial charge in [-0.2, -0.15) is 5.10 Å². The quantitative estimate of drug-likeness (QED) is 0.703. The molecule has 1 amide bonds. The molecule has 1 saturated heterocycles. The van der Waals surface area contributed by atoms with Crippen molar-refractivity contribution in [3.05, 3.63) is 11.4 Å². The summed E-state index contributed by atoms with van der Waals surface area (Å²) in [7, 11) is 1.84. The second-order valence-electron chi connectivity index (χ2n) is 4.34. The van der Waals surface area contributed by atoms with Gasteiger partial charge < -0.3 is 15.4 Å². The van der Waals surface area contributed by atoms with Crippen LogP contribution in [0.25, 0.3) is 0 Å². The maximum Gasteiger partial charge on any atom is 0.231 e. The van der Waals surface area contributed by atoms with Gasteiger partial charge in [0.1, 0.15) is 0 Å². The first-order valence-corrected chi connectivity index (χ1v) is 5.71. The van der Waals surface area contributed by atoms with E-state index in [1.807, 2.05) is 20.9 Å². The standard InChI is InChI=1S/C11H18N4O2/c1-6-10(7(2)15-14-6)13-11(16)8-4-17-5-9(8)12-3/h8-9,12H,4-5H2,1-3H3,(H,13,16)(H,14,15). The van der Waals surface area contributed by atoms with Crippen LogP contribution >= 0.6 is 0 Å². The Balaban J connectivity index is 2.07. The summed E-state index contributed by atoms with van der Waals surface area (Å²) in [6.07, 6.45) is 0. The Kier molecular flexibility index (Phi) is 3.44. The maximum atomic E-state index is 12.1. The number of ether oxygens (including phenoxy) is 1. The minimum atomic E-state index is -0.145. The lowest BCUT2D eigenvalue weighted by Crippen LogP contribution is -2.39. The number of anilines is 1. The Hall–Kier alpha value is -1.40. The average Bonchev–Trinajstić information content (AvgIpc) is 2.90. The number of hydrogen-bond donors (Lipinski definition) is 3. The monoisotopic (exact) mass is 238 g/mol. The van der Waals surface area contributed by atoms with E-state index in [9.17, 15) is 4.79 Å². The van der Waals surface area contributed by atoms with Crippen LogP contribution in [0.2, 0.25) is 0 Å². The van der Waals surface area contributed by atoms with Crippen molar-refractivity contribution in [3.8, 4) is 0 Å². The first-order valence-electron chi connectivity index (χ1n) is 5.71. The molecule has 1 aromatic rings. The number of carbonyl (C=O) groups is 1. The fraction of sp³-hybridized carbons (Fsp3) is 0.636. The number of nitrogens with one attached hydrogen (secondary N) is 3. The number of amides is 1. The van der Waals surface area contributed by atoms with Gasteiger partial charge in [-0.15, -0.1) is 0 Å². The minimum Gasteiger partial charge on any atom is -0.379 e. The highest BCUT2D eigenvalue weighted by atomic mass is 16.5. The molecule has 3 N–H and O–H groups in total. The summed E-state index contributed by atoms with van der Waals surface area (Å²) in [5.74, 6) is -0.164. The highest BCUT2D eigenvalue weighted by Crippen LogP contribution is 2.20. The van der Waals surface area contributed by atoms with Crippen LogP contribution < -0.4 is 10.6 Å². The van der Waals surface area contributed by atoms with Gasteiger partial charge in [-0.25, -0.2) is 0 Å². The van der Waals surface area contributed by atoms with Crippen LogP contribution in [0.1, 0.15) is 11.4 Å².